The Morgan fingerprint density at radius 1 is 1.32 bits per heavy atom. The second-order valence-corrected chi connectivity index (χ2v) is 4.61. The number of hydrogen-bond donors (Lipinski definition) is 1. The molecule has 1 heterocycles. The van der Waals surface area contributed by atoms with E-state index < -0.39 is 0 Å². The summed E-state index contributed by atoms with van der Waals surface area (Å²) in [6.45, 7) is 4.22. The summed E-state index contributed by atoms with van der Waals surface area (Å²) in [6, 6.07) is 7.99. The maximum absolute atomic E-state index is 9.16. The lowest BCUT2D eigenvalue weighted by molar-refractivity contribution is 0.416. The van der Waals surface area contributed by atoms with Crippen molar-refractivity contribution in [2.75, 3.05) is 12.8 Å². The molecule has 2 N–H and O–H groups in total. The zero-order valence-electron chi connectivity index (χ0n) is 11.2. The molecule has 0 unspecified atom stereocenters. The maximum atomic E-state index is 9.16. The van der Waals surface area contributed by atoms with Gasteiger partial charge >= 0.3 is 0 Å². The van der Waals surface area contributed by atoms with Gasteiger partial charge in [0.1, 0.15) is 23.6 Å². The molecule has 1 aromatic carbocycles. The molecule has 2 rings (SSSR count). The van der Waals surface area contributed by atoms with Gasteiger partial charge in [0.05, 0.1) is 7.11 Å². The molecule has 0 aliphatic heterocycles. The Kier molecular flexibility index (Phi) is 3.48. The fourth-order valence-corrected chi connectivity index (χ4v) is 1.98. The number of nitriles is 1. The summed E-state index contributed by atoms with van der Waals surface area (Å²) in [5, 5.41) is 9.16. The molecular formula is C15H16N2O2. The van der Waals surface area contributed by atoms with Crippen molar-refractivity contribution in [2.24, 2.45) is 0 Å². The highest BCUT2D eigenvalue weighted by atomic mass is 16.5. The Balaban J connectivity index is 2.66. The summed E-state index contributed by atoms with van der Waals surface area (Å²) in [5.41, 5.74) is 8.65. The van der Waals surface area contributed by atoms with Gasteiger partial charge < -0.3 is 14.9 Å². The Bertz CT molecular complexity index is 636. The third-order valence-electron chi connectivity index (χ3n) is 3.11. The minimum Gasteiger partial charge on any atom is -0.496 e. The summed E-state index contributed by atoms with van der Waals surface area (Å²) >= 11 is 0. The molecule has 0 aliphatic carbocycles. The van der Waals surface area contributed by atoms with E-state index in [4.69, 9.17) is 20.1 Å². The fraction of sp³-hybridized carbons (Fsp3) is 0.267. The van der Waals surface area contributed by atoms with Crippen LogP contribution in [0.2, 0.25) is 0 Å². The van der Waals surface area contributed by atoms with Gasteiger partial charge in [-0.15, -0.1) is 0 Å². The third kappa shape index (κ3) is 2.27. The van der Waals surface area contributed by atoms with E-state index in [1.165, 1.54) is 11.8 Å². The van der Waals surface area contributed by atoms with Crippen molar-refractivity contribution in [3.05, 3.63) is 35.6 Å². The van der Waals surface area contributed by atoms with Crippen molar-refractivity contribution < 1.29 is 9.15 Å². The van der Waals surface area contributed by atoms with Crippen molar-refractivity contribution in [1.82, 2.24) is 0 Å². The predicted molar refractivity (Wildman–Crippen MR) is 73.9 cm³/mol. The largest absolute Gasteiger partial charge is 0.496 e. The summed E-state index contributed by atoms with van der Waals surface area (Å²) in [7, 11) is 1.60. The predicted octanol–water partition coefficient (Wildman–Crippen LogP) is 3.53. The second kappa shape index (κ2) is 5.07. The molecule has 0 atom stereocenters. The first-order chi connectivity index (χ1) is 9.08. The lowest BCUT2D eigenvalue weighted by atomic mass is 9.96. The van der Waals surface area contributed by atoms with Crippen LogP contribution in [0.4, 0.5) is 5.88 Å². The monoisotopic (exact) mass is 256 g/mol. The van der Waals surface area contributed by atoms with E-state index in [-0.39, 0.29) is 5.88 Å². The van der Waals surface area contributed by atoms with E-state index in [0.29, 0.717) is 22.8 Å². The minimum absolute atomic E-state index is 0.134. The normalized spacial score (nSPS) is 10.5. The van der Waals surface area contributed by atoms with Crippen LogP contribution >= 0.6 is 0 Å². The summed E-state index contributed by atoms with van der Waals surface area (Å²) < 4.78 is 10.5. The molecule has 4 nitrogen and oxygen atoms in total. The van der Waals surface area contributed by atoms with Gasteiger partial charge in [-0.25, -0.2) is 0 Å². The standard InChI is InChI=1S/C15H16N2O2/c1-9(2)10-4-5-14(18-3)11(6-10)13-8-19-15(17)12(13)7-16/h4-6,8-9H,17H2,1-3H3. The van der Waals surface area contributed by atoms with Crippen LogP contribution in [0.15, 0.2) is 28.9 Å². The summed E-state index contributed by atoms with van der Waals surface area (Å²) in [5.74, 6) is 1.22. The van der Waals surface area contributed by atoms with Crippen LogP contribution in [0.25, 0.3) is 11.1 Å². The number of nitrogens with zero attached hydrogens (tertiary/aromatic N) is 1. The van der Waals surface area contributed by atoms with Gasteiger partial charge in [-0.05, 0) is 23.6 Å². The lowest BCUT2D eigenvalue weighted by Gasteiger charge is -2.12. The number of ether oxygens (including phenoxy) is 1. The molecule has 98 valence electrons. The van der Waals surface area contributed by atoms with Gasteiger partial charge in [0.15, 0.2) is 0 Å². The van der Waals surface area contributed by atoms with Crippen LogP contribution in [0.5, 0.6) is 5.75 Å². The Labute approximate surface area is 112 Å². The average molecular weight is 256 g/mol. The first-order valence-corrected chi connectivity index (χ1v) is 6.03. The molecule has 0 bridgehead atoms. The fourth-order valence-electron chi connectivity index (χ4n) is 1.98. The molecule has 19 heavy (non-hydrogen) atoms. The number of benzene rings is 1. The number of anilines is 1. The molecule has 0 saturated heterocycles. The number of nitrogen functional groups attached to an aromatic ring is 1. The van der Waals surface area contributed by atoms with E-state index in [2.05, 4.69) is 19.9 Å². The lowest BCUT2D eigenvalue weighted by Crippen LogP contribution is -1.94. The van der Waals surface area contributed by atoms with Gasteiger partial charge in [-0.1, -0.05) is 19.9 Å². The van der Waals surface area contributed by atoms with Crippen LogP contribution in [-0.4, -0.2) is 7.11 Å². The van der Waals surface area contributed by atoms with Gasteiger partial charge in [-0.2, -0.15) is 5.26 Å². The van der Waals surface area contributed by atoms with Crippen molar-refractivity contribution >= 4 is 5.88 Å². The number of furan rings is 1. The van der Waals surface area contributed by atoms with E-state index in [1.807, 2.05) is 18.2 Å². The average Bonchev–Trinajstić information content (AvgIpc) is 2.78. The molecule has 0 spiro atoms. The number of hydrogen-bond acceptors (Lipinski definition) is 4. The maximum Gasteiger partial charge on any atom is 0.208 e. The van der Waals surface area contributed by atoms with Crippen LogP contribution in [0.3, 0.4) is 0 Å². The van der Waals surface area contributed by atoms with Crippen molar-refractivity contribution in [3.63, 3.8) is 0 Å². The second-order valence-electron chi connectivity index (χ2n) is 4.61. The van der Waals surface area contributed by atoms with Crippen molar-refractivity contribution in [2.45, 2.75) is 19.8 Å². The molecule has 0 fully saturated rings. The van der Waals surface area contributed by atoms with Gasteiger partial charge in [0, 0.05) is 11.1 Å². The number of methoxy groups -OCH3 is 1. The molecule has 0 saturated carbocycles. The Morgan fingerprint density at radius 3 is 2.63 bits per heavy atom. The Hall–Kier alpha value is -2.41. The first-order valence-electron chi connectivity index (χ1n) is 6.03. The van der Waals surface area contributed by atoms with E-state index in [1.54, 1.807) is 7.11 Å². The minimum atomic E-state index is 0.134. The molecule has 4 heteroatoms. The van der Waals surface area contributed by atoms with Crippen LogP contribution in [0.1, 0.15) is 30.9 Å². The van der Waals surface area contributed by atoms with Gasteiger partial charge in [0.2, 0.25) is 5.88 Å². The smallest absolute Gasteiger partial charge is 0.208 e. The van der Waals surface area contributed by atoms with Crippen molar-refractivity contribution in [3.8, 4) is 22.9 Å². The first kappa shape index (κ1) is 13.0. The topological polar surface area (TPSA) is 72.2 Å². The summed E-state index contributed by atoms with van der Waals surface area (Å²) in [4.78, 5) is 0. The molecule has 1 aromatic heterocycles. The highest BCUT2D eigenvalue weighted by molar-refractivity contribution is 5.79. The SMILES string of the molecule is COc1ccc(C(C)C)cc1-c1coc(N)c1C#N. The highest BCUT2D eigenvalue weighted by Gasteiger charge is 2.17. The van der Waals surface area contributed by atoms with Crippen LogP contribution < -0.4 is 10.5 Å². The quantitative estimate of drug-likeness (QED) is 0.911. The molecule has 0 radical (unpaired) electrons. The van der Waals surface area contributed by atoms with E-state index in [0.717, 1.165) is 5.56 Å². The Morgan fingerprint density at radius 2 is 2.05 bits per heavy atom. The van der Waals surface area contributed by atoms with Gasteiger partial charge in [-0.3, -0.25) is 0 Å². The van der Waals surface area contributed by atoms with Crippen molar-refractivity contribution in [1.29, 1.82) is 5.26 Å². The zero-order chi connectivity index (χ0) is 14.0. The summed E-state index contributed by atoms with van der Waals surface area (Å²) in [6.07, 6.45) is 1.50. The number of nitrogens with two attached hydrogens (primary N) is 1. The molecule has 0 aliphatic rings. The van der Waals surface area contributed by atoms with E-state index >= 15 is 0 Å². The highest BCUT2D eigenvalue weighted by Crippen LogP contribution is 2.37. The van der Waals surface area contributed by atoms with E-state index in [9.17, 15) is 0 Å². The molecule has 2 aromatic rings. The molecular weight excluding hydrogens is 240 g/mol. The zero-order valence-corrected chi connectivity index (χ0v) is 11.2. The van der Waals surface area contributed by atoms with Crippen LogP contribution in [0, 0.1) is 11.3 Å². The third-order valence-corrected chi connectivity index (χ3v) is 3.11. The number of rotatable bonds is 3. The molecule has 0 amide bonds. The van der Waals surface area contributed by atoms with Gasteiger partial charge in [0.25, 0.3) is 0 Å². The van der Waals surface area contributed by atoms with Crippen LogP contribution in [-0.2, 0) is 0 Å².